The molecule has 2 aromatic rings. The van der Waals surface area contributed by atoms with Gasteiger partial charge in [-0.05, 0) is 48.7 Å². The Bertz CT molecular complexity index is 707. The normalized spacial score (nSPS) is 21.5. The number of fused-ring (bicyclic) bond motifs is 1. The first kappa shape index (κ1) is 17.5. The molecular weight excluding hydrogens is 325 g/mol. The van der Waals surface area contributed by atoms with Crippen molar-refractivity contribution in [1.29, 1.82) is 0 Å². The minimum absolute atomic E-state index is 0. The van der Waals surface area contributed by atoms with Crippen LogP contribution in [0.3, 0.4) is 0 Å². The van der Waals surface area contributed by atoms with Gasteiger partial charge in [0.1, 0.15) is 11.6 Å². The van der Waals surface area contributed by atoms with E-state index in [0.717, 1.165) is 36.8 Å². The maximum atomic E-state index is 13.2. The molecule has 6 heteroatoms. The van der Waals surface area contributed by atoms with Crippen LogP contribution in [-0.4, -0.2) is 32.0 Å². The van der Waals surface area contributed by atoms with Crippen LogP contribution in [0.1, 0.15) is 17.9 Å². The molecule has 2 aromatic carbocycles. The van der Waals surface area contributed by atoms with E-state index in [-0.39, 0.29) is 18.1 Å². The highest BCUT2D eigenvalue weighted by Crippen LogP contribution is 2.36. The van der Waals surface area contributed by atoms with Crippen molar-refractivity contribution in [3.8, 4) is 17.2 Å². The average Bonchev–Trinajstić information content (AvgIpc) is 3.09. The van der Waals surface area contributed by atoms with Gasteiger partial charge in [0.25, 0.3) is 0 Å². The smallest absolute Gasteiger partial charge is 0.231 e. The summed E-state index contributed by atoms with van der Waals surface area (Å²) in [4.78, 5) is 0. The Morgan fingerprint density at radius 1 is 1.08 bits per heavy atom. The van der Waals surface area contributed by atoms with Gasteiger partial charge in [0.15, 0.2) is 11.5 Å². The third-order valence-corrected chi connectivity index (χ3v) is 4.71. The van der Waals surface area contributed by atoms with Crippen molar-refractivity contribution < 1.29 is 24.1 Å². The van der Waals surface area contributed by atoms with Gasteiger partial charge in [0.2, 0.25) is 6.79 Å². The van der Waals surface area contributed by atoms with Gasteiger partial charge < -0.3 is 25.0 Å². The highest BCUT2D eigenvalue weighted by atomic mass is 19.1. The molecule has 0 aromatic heterocycles. The number of hydrogen-bond donors (Lipinski definition) is 1. The van der Waals surface area contributed by atoms with Crippen molar-refractivity contribution in [3.05, 3.63) is 53.8 Å². The topological polar surface area (TPSA) is 71.2 Å². The predicted octanol–water partition coefficient (Wildman–Crippen LogP) is 2.50. The molecule has 2 aliphatic rings. The summed E-state index contributed by atoms with van der Waals surface area (Å²) in [5.74, 6) is 2.79. The molecule has 1 fully saturated rings. The molecule has 4 rings (SSSR count). The van der Waals surface area contributed by atoms with E-state index < -0.39 is 0 Å². The molecule has 2 heterocycles. The highest BCUT2D eigenvalue weighted by Gasteiger charge is 2.27. The summed E-state index contributed by atoms with van der Waals surface area (Å²) in [6, 6.07) is 12.5. The summed E-state index contributed by atoms with van der Waals surface area (Å²) in [6.45, 7) is 2.74. The summed E-state index contributed by atoms with van der Waals surface area (Å²) in [5, 5.41) is 3.43. The fourth-order valence-electron chi connectivity index (χ4n) is 3.42. The minimum atomic E-state index is -0.194. The lowest BCUT2D eigenvalue weighted by atomic mass is 9.81. The van der Waals surface area contributed by atoms with E-state index in [1.54, 1.807) is 0 Å². The van der Waals surface area contributed by atoms with E-state index in [1.807, 2.05) is 30.3 Å². The van der Waals surface area contributed by atoms with E-state index in [1.165, 1.54) is 17.7 Å². The van der Waals surface area contributed by atoms with E-state index in [0.29, 0.717) is 18.4 Å². The fourth-order valence-corrected chi connectivity index (χ4v) is 3.42. The van der Waals surface area contributed by atoms with Crippen LogP contribution in [0.25, 0.3) is 0 Å². The first-order chi connectivity index (χ1) is 11.8. The van der Waals surface area contributed by atoms with Crippen LogP contribution in [0.2, 0.25) is 0 Å². The zero-order chi connectivity index (χ0) is 16.4. The molecule has 0 aliphatic carbocycles. The van der Waals surface area contributed by atoms with Crippen molar-refractivity contribution in [3.63, 3.8) is 0 Å². The maximum absolute atomic E-state index is 13.2. The van der Waals surface area contributed by atoms with Gasteiger partial charge >= 0.3 is 0 Å². The van der Waals surface area contributed by atoms with Gasteiger partial charge in [0, 0.05) is 18.5 Å². The van der Waals surface area contributed by atoms with Gasteiger partial charge in [-0.2, -0.15) is 0 Å². The number of halogens is 1. The Kier molecular flexibility index (Phi) is 5.40. The monoisotopic (exact) mass is 347 g/mol. The van der Waals surface area contributed by atoms with E-state index in [4.69, 9.17) is 14.2 Å². The van der Waals surface area contributed by atoms with Gasteiger partial charge in [0.05, 0.1) is 6.61 Å². The lowest BCUT2D eigenvalue weighted by Gasteiger charge is -2.32. The Balaban J connectivity index is 0.00000182. The molecule has 0 amide bonds. The highest BCUT2D eigenvalue weighted by molar-refractivity contribution is 5.46. The molecule has 0 spiro atoms. The zero-order valence-electron chi connectivity index (χ0n) is 13.8. The standard InChI is InChI=1S/C19H20FNO3.H2O/c20-15-3-1-13(2-4-15)17-7-8-21-10-14(17)11-22-16-5-6-18-19(9-16)24-12-23-18;/h1-6,9,14,17,21H,7-8,10-12H2;1H2/t14-,17-;/m0./s1. The van der Waals surface area contributed by atoms with Gasteiger partial charge in [-0.1, -0.05) is 12.1 Å². The van der Waals surface area contributed by atoms with Crippen LogP contribution in [0, 0.1) is 11.7 Å². The van der Waals surface area contributed by atoms with Crippen molar-refractivity contribution in [2.45, 2.75) is 12.3 Å². The van der Waals surface area contributed by atoms with Crippen LogP contribution in [0.5, 0.6) is 17.2 Å². The van der Waals surface area contributed by atoms with Gasteiger partial charge in [-0.3, -0.25) is 0 Å². The van der Waals surface area contributed by atoms with Crippen LogP contribution in [0.4, 0.5) is 4.39 Å². The van der Waals surface area contributed by atoms with Crippen molar-refractivity contribution in [2.24, 2.45) is 5.92 Å². The molecular formula is C19H22FNO4. The van der Waals surface area contributed by atoms with Crippen LogP contribution >= 0.6 is 0 Å². The molecule has 1 saturated heterocycles. The van der Waals surface area contributed by atoms with Gasteiger partial charge in [-0.15, -0.1) is 0 Å². The molecule has 2 atom stereocenters. The van der Waals surface area contributed by atoms with Crippen molar-refractivity contribution >= 4 is 0 Å². The molecule has 0 bridgehead atoms. The second kappa shape index (κ2) is 7.72. The third-order valence-electron chi connectivity index (χ3n) is 4.71. The first-order valence-electron chi connectivity index (χ1n) is 8.28. The predicted molar refractivity (Wildman–Crippen MR) is 91.8 cm³/mol. The van der Waals surface area contributed by atoms with E-state index >= 15 is 0 Å². The summed E-state index contributed by atoms with van der Waals surface area (Å²) in [5.41, 5.74) is 1.18. The van der Waals surface area contributed by atoms with Crippen LogP contribution in [-0.2, 0) is 0 Å². The Hall–Kier alpha value is -2.31. The molecule has 0 radical (unpaired) electrons. The summed E-state index contributed by atoms with van der Waals surface area (Å²) in [7, 11) is 0. The Labute approximate surface area is 146 Å². The molecule has 5 nitrogen and oxygen atoms in total. The summed E-state index contributed by atoms with van der Waals surface area (Å²) in [6.07, 6.45) is 1.03. The van der Waals surface area contributed by atoms with Crippen molar-refractivity contribution in [2.75, 3.05) is 26.5 Å². The van der Waals surface area contributed by atoms with E-state index in [9.17, 15) is 4.39 Å². The second-order valence-electron chi connectivity index (χ2n) is 6.24. The zero-order valence-corrected chi connectivity index (χ0v) is 13.8. The molecule has 0 saturated carbocycles. The third kappa shape index (κ3) is 3.86. The Morgan fingerprint density at radius 2 is 1.88 bits per heavy atom. The number of rotatable bonds is 4. The number of piperidine rings is 1. The van der Waals surface area contributed by atoms with Crippen LogP contribution in [0.15, 0.2) is 42.5 Å². The molecule has 2 aliphatic heterocycles. The summed E-state index contributed by atoms with van der Waals surface area (Å²) < 4.78 is 29.9. The quantitative estimate of drug-likeness (QED) is 0.922. The largest absolute Gasteiger partial charge is 0.493 e. The van der Waals surface area contributed by atoms with Crippen LogP contribution < -0.4 is 19.5 Å². The van der Waals surface area contributed by atoms with Gasteiger partial charge in [-0.25, -0.2) is 4.39 Å². The summed E-state index contributed by atoms with van der Waals surface area (Å²) >= 11 is 0. The second-order valence-corrected chi connectivity index (χ2v) is 6.24. The fraction of sp³-hybridized carbons (Fsp3) is 0.368. The first-order valence-corrected chi connectivity index (χ1v) is 8.28. The lowest BCUT2D eigenvalue weighted by molar-refractivity contribution is 0.173. The minimum Gasteiger partial charge on any atom is -0.493 e. The van der Waals surface area contributed by atoms with Crippen molar-refractivity contribution in [1.82, 2.24) is 5.32 Å². The average molecular weight is 347 g/mol. The molecule has 3 N–H and O–H groups in total. The Morgan fingerprint density at radius 3 is 2.72 bits per heavy atom. The van der Waals surface area contributed by atoms with E-state index in [2.05, 4.69) is 5.32 Å². The number of nitrogens with one attached hydrogen (secondary N) is 1. The molecule has 134 valence electrons. The number of ether oxygens (including phenoxy) is 3. The number of benzene rings is 2. The lowest BCUT2D eigenvalue weighted by Crippen LogP contribution is -2.38. The maximum Gasteiger partial charge on any atom is 0.231 e. The molecule has 25 heavy (non-hydrogen) atoms. The SMILES string of the molecule is Fc1ccc([C@@H]2CCNC[C@H]2COc2ccc3c(c2)OCO3)cc1.O. The molecule has 0 unspecified atom stereocenters. The number of hydrogen-bond acceptors (Lipinski definition) is 4.